The summed E-state index contributed by atoms with van der Waals surface area (Å²) in [6, 6.07) is 27.0. The Labute approximate surface area is 216 Å². The van der Waals surface area contributed by atoms with Crippen molar-refractivity contribution >= 4 is 32.6 Å². The van der Waals surface area contributed by atoms with Crippen LogP contribution in [0.15, 0.2) is 104 Å². The van der Waals surface area contributed by atoms with Gasteiger partial charge in [0.15, 0.2) is 0 Å². The number of hydrogen-bond acceptors (Lipinski definition) is 4. The lowest BCUT2D eigenvalue weighted by Gasteiger charge is -2.11. The van der Waals surface area contributed by atoms with Gasteiger partial charge >= 0.3 is 0 Å². The van der Waals surface area contributed by atoms with Gasteiger partial charge in [-0.05, 0) is 58.3 Å². The van der Waals surface area contributed by atoms with Crippen molar-refractivity contribution in [3.8, 4) is 39.7 Å². The minimum atomic E-state index is -0.491. The summed E-state index contributed by atoms with van der Waals surface area (Å²) in [5, 5.41) is 13.6. The van der Waals surface area contributed by atoms with Gasteiger partial charge in [-0.1, -0.05) is 42.5 Å². The Hall–Kier alpha value is -5.41. The zero-order chi connectivity index (χ0) is 25.6. The van der Waals surface area contributed by atoms with Crippen LogP contribution in [0.5, 0.6) is 0 Å². The summed E-state index contributed by atoms with van der Waals surface area (Å²) in [6.45, 7) is 0. The molecule has 0 amide bonds. The number of benzene rings is 4. The van der Waals surface area contributed by atoms with Crippen molar-refractivity contribution in [1.29, 1.82) is 5.26 Å². The molecule has 0 fully saturated rings. The number of hydrogen-bond donors (Lipinski definition) is 1. The van der Waals surface area contributed by atoms with Gasteiger partial charge in [-0.2, -0.15) is 5.26 Å². The van der Waals surface area contributed by atoms with Crippen LogP contribution in [0.3, 0.4) is 0 Å². The molecule has 0 spiro atoms. The van der Waals surface area contributed by atoms with Gasteiger partial charge in [0.2, 0.25) is 0 Å². The zero-order valence-electron chi connectivity index (χ0n) is 20.0. The van der Waals surface area contributed by atoms with Crippen molar-refractivity contribution in [3.05, 3.63) is 115 Å². The van der Waals surface area contributed by atoms with Gasteiger partial charge in [-0.15, -0.1) is 0 Å². The Bertz CT molecular complexity index is 1920. The van der Waals surface area contributed by atoms with Crippen LogP contribution in [0.1, 0.15) is 5.56 Å². The molecular weight excluding hydrogens is 473 g/mol. The summed E-state index contributed by atoms with van der Waals surface area (Å²) >= 11 is 0. The standard InChI is InChI=1S/C32H18FN5/c33-28-7-1-4-21(16-34)29(28)32-37-30-24-10-8-19(22-5-2-12-35-17-22)14-26(24)27-15-20(23-6-3-13-36-18-23)9-11-25(27)31(30)38-32/h1-15,17-18H,(H,37,38). The fraction of sp³-hybridized carbons (Fsp3) is 0. The normalized spacial score (nSPS) is 11.3. The average Bonchev–Trinajstić information content (AvgIpc) is 3.43. The van der Waals surface area contributed by atoms with Crippen molar-refractivity contribution in [2.75, 3.05) is 0 Å². The first-order chi connectivity index (χ1) is 18.7. The zero-order valence-corrected chi connectivity index (χ0v) is 20.0. The lowest BCUT2D eigenvalue weighted by atomic mass is 9.94. The van der Waals surface area contributed by atoms with E-state index in [0.717, 1.165) is 54.8 Å². The maximum atomic E-state index is 14.9. The lowest BCUT2D eigenvalue weighted by Crippen LogP contribution is -1.91. The van der Waals surface area contributed by atoms with Crippen LogP contribution in [-0.4, -0.2) is 19.9 Å². The summed E-state index contributed by atoms with van der Waals surface area (Å²) in [5.41, 5.74) is 6.03. The number of nitriles is 1. The number of aromatic nitrogens is 4. The van der Waals surface area contributed by atoms with E-state index in [0.29, 0.717) is 5.82 Å². The molecule has 0 aliphatic heterocycles. The molecule has 0 bridgehead atoms. The summed E-state index contributed by atoms with van der Waals surface area (Å²) < 4.78 is 14.9. The highest BCUT2D eigenvalue weighted by Crippen LogP contribution is 2.39. The SMILES string of the molecule is N#Cc1cccc(F)c1-c1nc2c3ccc(-c4cccnc4)cc3c3cc(-c4cccnc4)ccc3c2[nH]1. The van der Waals surface area contributed by atoms with Crippen LogP contribution >= 0.6 is 0 Å². The van der Waals surface area contributed by atoms with E-state index in [-0.39, 0.29) is 11.1 Å². The Kier molecular flexibility index (Phi) is 4.95. The number of halogens is 1. The molecule has 0 radical (unpaired) electrons. The van der Waals surface area contributed by atoms with Crippen LogP contribution in [0.25, 0.3) is 66.2 Å². The molecule has 5 nitrogen and oxygen atoms in total. The molecule has 0 aliphatic rings. The Morgan fingerprint density at radius 3 is 1.97 bits per heavy atom. The fourth-order valence-electron chi connectivity index (χ4n) is 5.12. The molecule has 6 heteroatoms. The number of aromatic amines is 1. The number of pyridine rings is 2. The molecule has 7 aromatic rings. The predicted octanol–water partition coefficient (Wildman–Crippen LogP) is 7.67. The van der Waals surface area contributed by atoms with Crippen molar-refractivity contribution in [3.63, 3.8) is 0 Å². The van der Waals surface area contributed by atoms with E-state index in [9.17, 15) is 9.65 Å². The molecule has 7 rings (SSSR count). The number of fused-ring (bicyclic) bond motifs is 6. The minimum Gasteiger partial charge on any atom is -0.337 e. The highest BCUT2D eigenvalue weighted by molar-refractivity contribution is 6.24. The van der Waals surface area contributed by atoms with Gasteiger partial charge in [-0.25, -0.2) is 9.37 Å². The van der Waals surface area contributed by atoms with E-state index in [1.54, 1.807) is 18.5 Å². The predicted molar refractivity (Wildman–Crippen MR) is 148 cm³/mol. The smallest absolute Gasteiger partial charge is 0.142 e. The van der Waals surface area contributed by atoms with E-state index in [1.165, 1.54) is 12.1 Å². The van der Waals surface area contributed by atoms with Crippen LogP contribution in [-0.2, 0) is 0 Å². The molecule has 0 aliphatic carbocycles. The number of H-pyrrole nitrogens is 1. The van der Waals surface area contributed by atoms with Crippen LogP contribution in [0.2, 0.25) is 0 Å². The summed E-state index contributed by atoms with van der Waals surface area (Å²) in [6.07, 6.45) is 7.21. The molecule has 3 heterocycles. The second kappa shape index (κ2) is 8.61. The van der Waals surface area contributed by atoms with Crippen LogP contribution in [0.4, 0.5) is 4.39 Å². The van der Waals surface area contributed by atoms with Crippen LogP contribution in [0, 0.1) is 17.1 Å². The van der Waals surface area contributed by atoms with Gasteiger partial charge in [0.1, 0.15) is 11.6 Å². The van der Waals surface area contributed by atoms with Crippen LogP contribution < -0.4 is 0 Å². The van der Waals surface area contributed by atoms with Gasteiger partial charge in [0.05, 0.1) is 28.2 Å². The molecule has 178 valence electrons. The molecular formula is C32H18FN5. The van der Waals surface area contributed by atoms with E-state index < -0.39 is 5.82 Å². The maximum Gasteiger partial charge on any atom is 0.142 e. The van der Waals surface area contributed by atoms with E-state index >= 15 is 0 Å². The third-order valence-corrected chi connectivity index (χ3v) is 6.92. The first kappa shape index (κ1) is 21.8. The average molecular weight is 492 g/mol. The van der Waals surface area contributed by atoms with Gasteiger partial charge < -0.3 is 4.98 Å². The second-order valence-corrected chi connectivity index (χ2v) is 9.09. The van der Waals surface area contributed by atoms with Crippen molar-refractivity contribution < 1.29 is 4.39 Å². The Morgan fingerprint density at radius 2 is 1.34 bits per heavy atom. The number of imidazole rings is 1. The lowest BCUT2D eigenvalue weighted by molar-refractivity contribution is 0.630. The summed E-state index contributed by atoms with van der Waals surface area (Å²) in [5.74, 6) is -0.162. The second-order valence-electron chi connectivity index (χ2n) is 9.09. The molecule has 38 heavy (non-hydrogen) atoms. The van der Waals surface area contributed by atoms with Gasteiger partial charge in [-0.3, -0.25) is 9.97 Å². The molecule has 1 N–H and O–H groups in total. The third-order valence-electron chi connectivity index (χ3n) is 6.92. The van der Waals surface area contributed by atoms with Gasteiger partial charge in [0, 0.05) is 46.7 Å². The third kappa shape index (κ3) is 3.41. The number of nitrogens with one attached hydrogen (secondary N) is 1. The molecule has 0 saturated carbocycles. The molecule has 0 unspecified atom stereocenters. The topological polar surface area (TPSA) is 78.2 Å². The Balaban J connectivity index is 1.58. The Morgan fingerprint density at radius 1 is 0.684 bits per heavy atom. The summed E-state index contributed by atoms with van der Waals surface area (Å²) in [4.78, 5) is 16.8. The minimum absolute atomic E-state index is 0.173. The largest absolute Gasteiger partial charge is 0.337 e. The first-order valence-corrected chi connectivity index (χ1v) is 12.1. The fourth-order valence-corrected chi connectivity index (χ4v) is 5.12. The van der Waals surface area contributed by atoms with Gasteiger partial charge in [0.25, 0.3) is 0 Å². The molecule has 4 aromatic carbocycles. The van der Waals surface area contributed by atoms with Crippen molar-refractivity contribution in [2.24, 2.45) is 0 Å². The molecule has 0 saturated heterocycles. The maximum absolute atomic E-state index is 14.9. The molecule has 0 atom stereocenters. The monoisotopic (exact) mass is 491 g/mol. The summed E-state index contributed by atoms with van der Waals surface area (Å²) in [7, 11) is 0. The van der Waals surface area contributed by atoms with Crippen molar-refractivity contribution in [1.82, 2.24) is 19.9 Å². The first-order valence-electron chi connectivity index (χ1n) is 12.1. The van der Waals surface area contributed by atoms with E-state index in [1.807, 2.05) is 48.8 Å². The van der Waals surface area contributed by atoms with E-state index in [4.69, 9.17) is 4.98 Å². The number of nitrogens with zero attached hydrogens (tertiary/aromatic N) is 4. The van der Waals surface area contributed by atoms with E-state index in [2.05, 4.69) is 45.3 Å². The highest BCUT2D eigenvalue weighted by atomic mass is 19.1. The van der Waals surface area contributed by atoms with Crippen molar-refractivity contribution in [2.45, 2.75) is 0 Å². The molecule has 3 aromatic heterocycles. The quantitative estimate of drug-likeness (QED) is 0.257. The highest BCUT2D eigenvalue weighted by Gasteiger charge is 2.19. The number of rotatable bonds is 3.